The molecule has 3 rings (SSSR count). The van der Waals surface area contributed by atoms with Gasteiger partial charge in [-0.1, -0.05) is 30.7 Å². The molecule has 1 aliphatic rings. The molecule has 0 saturated carbocycles. The van der Waals surface area contributed by atoms with Crippen molar-refractivity contribution in [2.24, 2.45) is 11.8 Å². The third kappa shape index (κ3) is 3.54. The lowest BCUT2D eigenvalue weighted by Gasteiger charge is -2.34. The molecule has 1 aliphatic heterocycles. The molecule has 2 heterocycles. The molecule has 0 spiro atoms. The molecule has 1 amide bonds. The Hall–Kier alpha value is -2.34. The van der Waals surface area contributed by atoms with Gasteiger partial charge < -0.3 is 10.0 Å². The number of para-hydroxylation sites is 1. The van der Waals surface area contributed by atoms with Gasteiger partial charge in [0.2, 0.25) is 0 Å². The smallest absolute Gasteiger partial charge is 0.308 e. The molecular formula is C18H20ClN3O3. The maximum Gasteiger partial charge on any atom is 0.308 e. The minimum Gasteiger partial charge on any atom is -0.481 e. The summed E-state index contributed by atoms with van der Waals surface area (Å²) in [5.74, 6) is -1.48. The minimum absolute atomic E-state index is 0.143. The number of nitrogens with zero attached hydrogens (tertiary/aromatic N) is 3. The predicted molar refractivity (Wildman–Crippen MR) is 94.1 cm³/mol. The summed E-state index contributed by atoms with van der Waals surface area (Å²) >= 11 is 6.20. The van der Waals surface area contributed by atoms with Crippen molar-refractivity contribution >= 4 is 23.5 Å². The van der Waals surface area contributed by atoms with Crippen LogP contribution >= 0.6 is 11.6 Å². The Morgan fingerprint density at radius 1 is 1.28 bits per heavy atom. The zero-order valence-corrected chi connectivity index (χ0v) is 14.9. The summed E-state index contributed by atoms with van der Waals surface area (Å²) in [6.07, 6.45) is 2.35. The number of carboxylic acids is 1. The van der Waals surface area contributed by atoms with Crippen LogP contribution in [0.5, 0.6) is 0 Å². The zero-order chi connectivity index (χ0) is 18.1. The highest BCUT2D eigenvalue weighted by Gasteiger charge is 2.33. The molecule has 0 bridgehead atoms. The quantitative estimate of drug-likeness (QED) is 0.911. The number of piperidine rings is 1. The second-order valence-corrected chi connectivity index (χ2v) is 7.05. The molecule has 2 aromatic rings. The van der Waals surface area contributed by atoms with Crippen LogP contribution in [0.2, 0.25) is 5.02 Å². The summed E-state index contributed by atoms with van der Waals surface area (Å²) in [6.45, 7) is 4.54. The molecule has 0 aliphatic carbocycles. The molecule has 25 heavy (non-hydrogen) atoms. The van der Waals surface area contributed by atoms with E-state index in [1.54, 1.807) is 21.8 Å². The van der Waals surface area contributed by atoms with Crippen LogP contribution in [0, 0.1) is 18.8 Å². The van der Waals surface area contributed by atoms with Gasteiger partial charge in [0.15, 0.2) is 5.69 Å². The van der Waals surface area contributed by atoms with Crippen LogP contribution in [-0.2, 0) is 4.79 Å². The van der Waals surface area contributed by atoms with Crippen LogP contribution in [0.15, 0.2) is 30.5 Å². The maximum absolute atomic E-state index is 12.9. The largest absolute Gasteiger partial charge is 0.481 e. The van der Waals surface area contributed by atoms with E-state index in [0.717, 1.165) is 5.56 Å². The zero-order valence-electron chi connectivity index (χ0n) is 14.1. The highest BCUT2D eigenvalue weighted by molar-refractivity contribution is 6.32. The fraction of sp³-hybridized carbons (Fsp3) is 0.389. The van der Waals surface area contributed by atoms with Crippen LogP contribution in [-0.4, -0.2) is 44.8 Å². The number of carboxylic acid groups (broad SMARTS) is 1. The molecule has 2 unspecified atom stereocenters. The van der Waals surface area contributed by atoms with Gasteiger partial charge in [-0.2, -0.15) is 5.10 Å². The fourth-order valence-electron chi connectivity index (χ4n) is 3.28. The number of hydrogen-bond donors (Lipinski definition) is 1. The van der Waals surface area contributed by atoms with Gasteiger partial charge in [-0.25, -0.2) is 4.68 Å². The van der Waals surface area contributed by atoms with E-state index in [1.807, 2.05) is 32.0 Å². The number of benzene rings is 1. The van der Waals surface area contributed by atoms with Gasteiger partial charge in [-0.05, 0) is 31.4 Å². The second-order valence-electron chi connectivity index (χ2n) is 6.64. The molecule has 1 saturated heterocycles. The number of aromatic nitrogens is 2. The van der Waals surface area contributed by atoms with Crippen molar-refractivity contribution in [1.82, 2.24) is 14.7 Å². The van der Waals surface area contributed by atoms with Crippen molar-refractivity contribution in [2.75, 3.05) is 13.1 Å². The lowest BCUT2D eigenvalue weighted by molar-refractivity contribution is -0.143. The van der Waals surface area contributed by atoms with Gasteiger partial charge >= 0.3 is 5.97 Å². The van der Waals surface area contributed by atoms with Crippen molar-refractivity contribution in [1.29, 1.82) is 0 Å². The number of rotatable bonds is 3. The third-order valence-corrected chi connectivity index (χ3v) is 4.81. The van der Waals surface area contributed by atoms with Crippen LogP contribution in [0.25, 0.3) is 5.69 Å². The number of amides is 1. The molecule has 1 aromatic heterocycles. The average Bonchev–Trinajstić information content (AvgIpc) is 2.95. The first-order valence-corrected chi connectivity index (χ1v) is 8.58. The number of hydrogen-bond acceptors (Lipinski definition) is 3. The lowest BCUT2D eigenvalue weighted by Crippen LogP contribution is -2.45. The predicted octanol–water partition coefficient (Wildman–Crippen LogP) is 3.02. The Kier molecular flexibility index (Phi) is 4.81. The molecule has 1 N–H and O–H groups in total. The maximum atomic E-state index is 12.9. The van der Waals surface area contributed by atoms with Crippen LogP contribution < -0.4 is 0 Å². The average molecular weight is 362 g/mol. The van der Waals surface area contributed by atoms with Crippen LogP contribution in [0.4, 0.5) is 0 Å². The van der Waals surface area contributed by atoms with Crippen molar-refractivity contribution in [3.05, 3.63) is 46.7 Å². The SMILES string of the molecule is Cc1cn(-c2ccccc2Cl)nc1C(=O)N1CC(C)CC(C(=O)O)C1. The molecule has 6 nitrogen and oxygen atoms in total. The Labute approximate surface area is 151 Å². The Bertz CT molecular complexity index is 818. The van der Waals surface area contributed by atoms with Gasteiger partial charge in [-0.3, -0.25) is 9.59 Å². The number of aliphatic carboxylic acids is 1. The van der Waals surface area contributed by atoms with Crippen molar-refractivity contribution in [3.63, 3.8) is 0 Å². The van der Waals surface area contributed by atoms with E-state index in [4.69, 9.17) is 11.6 Å². The summed E-state index contributed by atoms with van der Waals surface area (Å²) in [6, 6.07) is 7.27. The van der Waals surface area contributed by atoms with E-state index in [2.05, 4.69) is 5.10 Å². The Morgan fingerprint density at radius 3 is 2.68 bits per heavy atom. The topological polar surface area (TPSA) is 75.4 Å². The van der Waals surface area contributed by atoms with Gasteiger partial charge in [0.05, 0.1) is 16.6 Å². The van der Waals surface area contributed by atoms with Gasteiger partial charge in [0.25, 0.3) is 5.91 Å². The van der Waals surface area contributed by atoms with Crippen molar-refractivity contribution in [2.45, 2.75) is 20.3 Å². The molecule has 0 radical (unpaired) electrons. The number of carbonyl (C=O) groups excluding carboxylic acids is 1. The summed E-state index contributed by atoms with van der Waals surface area (Å²) in [7, 11) is 0. The van der Waals surface area contributed by atoms with Gasteiger partial charge in [0, 0.05) is 24.8 Å². The van der Waals surface area contributed by atoms with E-state index in [-0.39, 0.29) is 18.4 Å². The van der Waals surface area contributed by atoms with Crippen molar-refractivity contribution < 1.29 is 14.7 Å². The minimum atomic E-state index is -0.859. The summed E-state index contributed by atoms with van der Waals surface area (Å²) in [4.78, 5) is 25.8. The molecule has 2 atom stereocenters. The van der Waals surface area contributed by atoms with Crippen molar-refractivity contribution in [3.8, 4) is 5.69 Å². The normalized spacial score (nSPS) is 20.5. The van der Waals surface area contributed by atoms with Crippen LogP contribution in [0.3, 0.4) is 0 Å². The standard InChI is InChI=1S/C18H20ClN3O3/c1-11-7-13(18(24)25)10-21(8-11)17(23)16-12(2)9-22(20-16)15-6-4-3-5-14(15)19/h3-6,9,11,13H,7-8,10H2,1-2H3,(H,24,25). The van der Waals surface area contributed by atoms with E-state index in [1.165, 1.54) is 0 Å². The number of aryl methyl sites for hydroxylation is 1. The van der Waals surface area contributed by atoms with Gasteiger partial charge in [-0.15, -0.1) is 0 Å². The molecule has 7 heteroatoms. The van der Waals surface area contributed by atoms with Gasteiger partial charge in [0.1, 0.15) is 0 Å². The first-order valence-electron chi connectivity index (χ1n) is 8.20. The highest BCUT2D eigenvalue weighted by atomic mass is 35.5. The van der Waals surface area contributed by atoms with E-state index >= 15 is 0 Å². The fourth-order valence-corrected chi connectivity index (χ4v) is 3.50. The monoisotopic (exact) mass is 361 g/mol. The summed E-state index contributed by atoms with van der Waals surface area (Å²) < 4.78 is 1.59. The molecular weight excluding hydrogens is 342 g/mol. The molecule has 1 fully saturated rings. The van der Waals surface area contributed by atoms with Crippen LogP contribution in [0.1, 0.15) is 29.4 Å². The second kappa shape index (κ2) is 6.88. The number of carbonyl (C=O) groups is 2. The van der Waals surface area contributed by atoms with E-state index in [0.29, 0.717) is 29.4 Å². The number of likely N-dealkylation sites (tertiary alicyclic amines) is 1. The highest BCUT2D eigenvalue weighted by Crippen LogP contribution is 2.25. The number of halogens is 1. The Morgan fingerprint density at radius 2 is 2.00 bits per heavy atom. The summed E-state index contributed by atoms with van der Waals surface area (Å²) in [5.41, 5.74) is 1.76. The molecule has 1 aromatic carbocycles. The molecule has 132 valence electrons. The third-order valence-electron chi connectivity index (χ3n) is 4.50. The van der Waals surface area contributed by atoms with E-state index in [9.17, 15) is 14.7 Å². The first kappa shape index (κ1) is 17.5. The first-order chi connectivity index (χ1) is 11.9. The Balaban J connectivity index is 1.88. The lowest BCUT2D eigenvalue weighted by atomic mass is 9.90. The summed E-state index contributed by atoms with van der Waals surface area (Å²) in [5, 5.41) is 14.2. The van der Waals surface area contributed by atoms with E-state index < -0.39 is 11.9 Å².